The molecule has 168 valence electrons. The number of ketones is 1. The molecule has 3 aromatic rings. The van der Waals surface area contributed by atoms with Gasteiger partial charge < -0.3 is 14.4 Å². The van der Waals surface area contributed by atoms with Gasteiger partial charge in [0, 0.05) is 23.5 Å². The summed E-state index contributed by atoms with van der Waals surface area (Å²) in [5.41, 5.74) is 2.06. The molecule has 2 heterocycles. The van der Waals surface area contributed by atoms with E-state index in [9.17, 15) is 17.6 Å². The molecule has 0 spiro atoms. The Morgan fingerprint density at radius 1 is 0.970 bits per heavy atom. The predicted octanol–water partition coefficient (Wildman–Crippen LogP) is 4.81. The Balaban J connectivity index is 1.66. The van der Waals surface area contributed by atoms with Crippen LogP contribution in [0.4, 0.5) is 15.8 Å². The highest BCUT2D eigenvalue weighted by molar-refractivity contribution is 7.96. The average Bonchev–Trinajstić information content (AvgIpc) is 2.84. The Kier molecular flexibility index (Phi) is 5.17. The van der Waals surface area contributed by atoms with E-state index in [1.165, 1.54) is 18.3 Å². The van der Waals surface area contributed by atoms with Crippen molar-refractivity contribution in [2.24, 2.45) is 0 Å². The van der Waals surface area contributed by atoms with Crippen LogP contribution in [0.2, 0.25) is 0 Å². The van der Waals surface area contributed by atoms with Crippen molar-refractivity contribution in [3.8, 4) is 11.5 Å². The van der Waals surface area contributed by atoms with Crippen LogP contribution in [-0.4, -0.2) is 27.4 Å². The van der Waals surface area contributed by atoms with Gasteiger partial charge in [-0.05, 0) is 42.3 Å². The zero-order valence-corrected chi connectivity index (χ0v) is 18.6. The highest BCUT2D eigenvalue weighted by Gasteiger charge is 2.37. The molecule has 3 aromatic carbocycles. The van der Waals surface area contributed by atoms with Gasteiger partial charge in [0.25, 0.3) is 0 Å². The van der Waals surface area contributed by atoms with E-state index in [1.54, 1.807) is 47.4 Å². The Labute approximate surface area is 190 Å². The molecule has 0 atom stereocenters. The number of hydrogen-bond acceptors (Lipinski definition) is 6. The number of sulfone groups is 1. The molecule has 0 unspecified atom stereocenters. The van der Waals surface area contributed by atoms with Crippen LogP contribution in [0.3, 0.4) is 0 Å². The van der Waals surface area contributed by atoms with Gasteiger partial charge in [-0.3, -0.25) is 4.79 Å². The molecule has 0 bridgehead atoms. The van der Waals surface area contributed by atoms with Crippen molar-refractivity contribution in [3.05, 3.63) is 88.7 Å². The lowest BCUT2D eigenvalue weighted by molar-refractivity contribution is 0.104. The van der Waals surface area contributed by atoms with Gasteiger partial charge in [-0.15, -0.1) is 0 Å². The molecular weight excluding hydrogens is 445 g/mol. The number of Topliss-reactive ketones (excluding diaryl/α,β-unsaturated/α-hetero) is 1. The van der Waals surface area contributed by atoms with Crippen molar-refractivity contribution in [2.45, 2.75) is 18.2 Å². The summed E-state index contributed by atoms with van der Waals surface area (Å²) in [6, 6.07) is 15.4. The molecule has 0 aromatic heterocycles. The third-order valence-corrected chi connectivity index (χ3v) is 7.43. The molecule has 8 heteroatoms. The van der Waals surface area contributed by atoms with Gasteiger partial charge >= 0.3 is 0 Å². The molecule has 2 aliphatic rings. The molecule has 0 radical (unpaired) electrons. The van der Waals surface area contributed by atoms with Crippen molar-refractivity contribution < 1.29 is 27.1 Å². The summed E-state index contributed by atoms with van der Waals surface area (Å²) < 4.78 is 52.1. The van der Waals surface area contributed by atoms with Crippen molar-refractivity contribution in [1.82, 2.24) is 0 Å². The second-order valence-corrected chi connectivity index (χ2v) is 9.57. The van der Waals surface area contributed by atoms with Crippen molar-refractivity contribution in [1.29, 1.82) is 0 Å². The standard InChI is InChI=1S/C25H20FNO5S/c1-2-16-3-5-17(6-4-16)25(28)24-15-27(19-8-10-21-22(14-19)32-12-11-31-21)20-9-7-18(26)13-23(20)33(24,29)30/h3-10,13-15H,2,11-12H2,1H3. The second-order valence-electron chi connectivity index (χ2n) is 7.69. The van der Waals surface area contributed by atoms with E-state index < -0.39 is 26.3 Å². The zero-order chi connectivity index (χ0) is 23.2. The summed E-state index contributed by atoms with van der Waals surface area (Å²) in [6.45, 7) is 2.81. The third-order valence-electron chi connectivity index (χ3n) is 5.66. The van der Waals surface area contributed by atoms with Crippen molar-refractivity contribution in [2.75, 3.05) is 18.1 Å². The molecule has 5 rings (SSSR count). The number of anilines is 2. The molecule has 0 fully saturated rings. The largest absolute Gasteiger partial charge is 0.486 e. The lowest BCUT2D eigenvalue weighted by Gasteiger charge is -2.30. The summed E-state index contributed by atoms with van der Waals surface area (Å²) in [5.74, 6) is -0.284. The van der Waals surface area contributed by atoms with Gasteiger partial charge in [-0.2, -0.15) is 0 Å². The number of ether oxygens (including phenoxy) is 2. The molecule has 6 nitrogen and oxygen atoms in total. The number of halogens is 1. The molecule has 0 saturated heterocycles. The average molecular weight is 466 g/mol. The Hall–Kier alpha value is -3.65. The number of fused-ring (bicyclic) bond motifs is 2. The number of nitrogens with zero attached hydrogens (tertiary/aromatic N) is 1. The van der Waals surface area contributed by atoms with Crippen LogP contribution in [0.15, 0.2) is 76.7 Å². The first kappa shape index (κ1) is 21.2. The van der Waals surface area contributed by atoms with Crippen LogP contribution in [0.1, 0.15) is 22.8 Å². The zero-order valence-electron chi connectivity index (χ0n) is 17.7. The first-order chi connectivity index (χ1) is 15.9. The minimum absolute atomic E-state index is 0.240. The normalized spacial score (nSPS) is 16.1. The Morgan fingerprint density at radius 3 is 2.42 bits per heavy atom. The van der Waals surface area contributed by atoms with E-state index in [-0.39, 0.29) is 16.1 Å². The van der Waals surface area contributed by atoms with Crippen LogP contribution in [0.5, 0.6) is 11.5 Å². The maximum Gasteiger partial charge on any atom is 0.214 e. The van der Waals surface area contributed by atoms with Crippen LogP contribution in [0, 0.1) is 5.82 Å². The molecule has 33 heavy (non-hydrogen) atoms. The van der Waals surface area contributed by atoms with Crippen molar-refractivity contribution in [3.63, 3.8) is 0 Å². The van der Waals surface area contributed by atoms with E-state index >= 15 is 0 Å². The first-order valence-corrected chi connectivity index (χ1v) is 12.0. The van der Waals surface area contributed by atoms with Gasteiger partial charge in [-0.25, -0.2) is 12.8 Å². The highest BCUT2D eigenvalue weighted by Crippen LogP contribution is 2.43. The third kappa shape index (κ3) is 3.66. The summed E-state index contributed by atoms with van der Waals surface area (Å²) in [7, 11) is -4.25. The van der Waals surface area contributed by atoms with E-state index in [1.807, 2.05) is 6.92 Å². The molecular formula is C25H20FNO5S. The summed E-state index contributed by atoms with van der Waals surface area (Å²) in [4.78, 5) is 14.2. The number of rotatable bonds is 4. The number of carbonyl (C=O) groups is 1. The SMILES string of the molecule is CCc1ccc(C(=O)C2=CN(c3ccc4c(c3)OCCO4)c3ccc(F)cc3S2(=O)=O)cc1. The number of carbonyl (C=O) groups excluding carboxylic acids is 1. The fourth-order valence-corrected chi connectivity index (χ4v) is 5.44. The lowest BCUT2D eigenvalue weighted by atomic mass is 10.1. The Morgan fingerprint density at radius 2 is 1.70 bits per heavy atom. The predicted molar refractivity (Wildman–Crippen MR) is 121 cm³/mol. The molecule has 0 aliphatic carbocycles. The summed E-state index contributed by atoms with van der Waals surface area (Å²) in [6.07, 6.45) is 2.08. The van der Waals surface area contributed by atoms with Crippen molar-refractivity contribution >= 4 is 27.0 Å². The number of hydrogen-bond donors (Lipinski definition) is 0. The fourth-order valence-electron chi connectivity index (χ4n) is 3.89. The molecule has 2 aliphatic heterocycles. The quantitative estimate of drug-likeness (QED) is 0.515. The summed E-state index contributed by atoms with van der Waals surface area (Å²) in [5, 5.41) is 0. The smallest absolute Gasteiger partial charge is 0.214 e. The monoisotopic (exact) mass is 465 g/mol. The van der Waals surface area contributed by atoms with Gasteiger partial charge in [0.2, 0.25) is 15.6 Å². The van der Waals surface area contributed by atoms with E-state index in [0.29, 0.717) is 30.4 Å². The van der Waals surface area contributed by atoms with Gasteiger partial charge in [0.05, 0.1) is 10.6 Å². The first-order valence-electron chi connectivity index (χ1n) is 10.5. The molecule has 0 saturated carbocycles. The maximum atomic E-state index is 14.1. The molecule has 0 amide bonds. The number of benzene rings is 3. The van der Waals surface area contributed by atoms with Crippen LogP contribution in [-0.2, 0) is 16.3 Å². The van der Waals surface area contributed by atoms with Crippen LogP contribution in [0.25, 0.3) is 0 Å². The lowest BCUT2D eigenvalue weighted by Crippen LogP contribution is -2.26. The molecule has 0 N–H and O–H groups in total. The van der Waals surface area contributed by atoms with Crippen LogP contribution < -0.4 is 14.4 Å². The minimum Gasteiger partial charge on any atom is -0.486 e. The number of allylic oxidation sites excluding steroid dienone is 1. The van der Waals surface area contributed by atoms with E-state index in [4.69, 9.17) is 9.47 Å². The Bertz CT molecular complexity index is 1400. The maximum absolute atomic E-state index is 14.1. The van der Waals surface area contributed by atoms with Gasteiger partial charge in [0.15, 0.2) is 11.5 Å². The van der Waals surface area contributed by atoms with Gasteiger partial charge in [-0.1, -0.05) is 31.2 Å². The van der Waals surface area contributed by atoms with Crippen LogP contribution >= 0.6 is 0 Å². The van der Waals surface area contributed by atoms with E-state index in [2.05, 4.69) is 0 Å². The highest BCUT2D eigenvalue weighted by atomic mass is 32.2. The minimum atomic E-state index is -4.25. The number of aryl methyl sites for hydroxylation is 1. The summed E-state index contributed by atoms with van der Waals surface area (Å²) >= 11 is 0. The second kappa shape index (κ2) is 8.04. The van der Waals surface area contributed by atoms with E-state index in [0.717, 1.165) is 18.1 Å². The topological polar surface area (TPSA) is 72.9 Å². The fraction of sp³-hybridized carbons (Fsp3) is 0.160. The van der Waals surface area contributed by atoms with Gasteiger partial charge in [0.1, 0.15) is 23.9 Å².